The van der Waals surface area contributed by atoms with E-state index in [-0.39, 0.29) is 30.9 Å². The molecular weight excluding hydrogens is 348 g/mol. The van der Waals surface area contributed by atoms with Gasteiger partial charge in [-0.05, 0) is 26.0 Å². The zero-order valence-electron chi connectivity index (χ0n) is 13.4. The zero-order chi connectivity index (χ0) is 17.7. The molecule has 2 amide bonds. The Kier molecular flexibility index (Phi) is 6.30. The van der Waals surface area contributed by atoms with Gasteiger partial charge in [-0.1, -0.05) is 23.7 Å². The van der Waals surface area contributed by atoms with E-state index in [2.05, 4.69) is 15.6 Å². The third-order valence-electron chi connectivity index (χ3n) is 3.31. The number of rotatable bonds is 6. The largest absolute Gasteiger partial charge is 0.346 e. The quantitative estimate of drug-likeness (QED) is 0.728. The van der Waals surface area contributed by atoms with E-state index in [4.69, 9.17) is 17.3 Å². The van der Waals surface area contributed by atoms with Crippen LogP contribution in [0.5, 0.6) is 0 Å². The lowest BCUT2D eigenvalue weighted by Gasteiger charge is -2.11. The van der Waals surface area contributed by atoms with Crippen LogP contribution in [-0.2, 0) is 9.59 Å². The average molecular weight is 367 g/mol. The van der Waals surface area contributed by atoms with Crippen LogP contribution in [0.1, 0.15) is 22.9 Å². The summed E-state index contributed by atoms with van der Waals surface area (Å²) in [5, 5.41) is 6.72. The highest BCUT2D eigenvalue weighted by Gasteiger charge is 2.17. The number of aryl methyl sites for hydroxylation is 1. The van der Waals surface area contributed by atoms with E-state index >= 15 is 0 Å². The number of amides is 2. The van der Waals surface area contributed by atoms with Gasteiger partial charge in [0.1, 0.15) is 5.01 Å². The summed E-state index contributed by atoms with van der Waals surface area (Å²) >= 11 is 7.44. The van der Waals surface area contributed by atoms with E-state index in [1.54, 1.807) is 0 Å². The van der Waals surface area contributed by atoms with E-state index in [9.17, 15) is 9.59 Å². The first kappa shape index (κ1) is 18.4. The lowest BCUT2D eigenvalue weighted by Crippen LogP contribution is -2.40. The van der Waals surface area contributed by atoms with Crippen LogP contribution in [0, 0.1) is 6.92 Å². The average Bonchev–Trinajstić information content (AvgIpc) is 2.95. The van der Waals surface area contributed by atoms with Gasteiger partial charge in [-0.3, -0.25) is 9.59 Å². The lowest BCUT2D eigenvalue weighted by molar-refractivity contribution is -0.125. The molecule has 24 heavy (non-hydrogen) atoms. The maximum Gasteiger partial charge on any atom is 0.239 e. The number of hydrogen-bond donors (Lipinski definition) is 3. The fraction of sp³-hybridized carbons (Fsp3) is 0.312. The summed E-state index contributed by atoms with van der Waals surface area (Å²) in [5.74, 6) is -0.655. The SMILES string of the molecule is Cc1sc(C(C)NC(=O)CNC(=O)CN)nc1-c1ccc(Cl)cc1. The van der Waals surface area contributed by atoms with Gasteiger partial charge in [-0.25, -0.2) is 4.98 Å². The van der Waals surface area contributed by atoms with Crippen molar-refractivity contribution < 1.29 is 9.59 Å². The van der Waals surface area contributed by atoms with Gasteiger partial charge in [0.2, 0.25) is 11.8 Å². The van der Waals surface area contributed by atoms with Crippen molar-refractivity contribution in [2.45, 2.75) is 19.9 Å². The lowest BCUT2D eigenvalue weighted by atomic mass is 10.1. The summed E-state index contributed by atoms with van der Waals surface area (Å²) in [6.45, 7) is 3.60. The van der Waals surface area contributed by atoms with Gasteiger partial charge in [0.25, 0.3) is 0 Å². The van der Waals surface area contributed by atoms with Crippen molar-refractivity contribution in [3.8, 4) is 11.3 Å². The molecule has 8 heteroatoms. The number of nitrogens with one attached hydrogen (secondary N) is 2. The van der Waals surface area contributed by atoms with Crippen molar-refractivity contribution in [3.63, 3.8) is 0 Å². The van der Waals surface area contributed by atoms with Crippen LogP contribution < -0.4 is 16.4 Å². The molecule has 0 radical (unpaired) electrons. The van der Waals surface area contributed by atoms with Crippen LogP contribution in [0.4, 0.5) is 0 Å². The molecule has 0 bridgehead atoms. The molecule has 1 aromatic carbocycles. The summed E-state index contributed by atoms with van der Waals surface area (Å²) in [6, 6.07) is 7.22. The topological polar surface area (TPSA) is 97.1 Å². The molecule has 1 aromatic heterocycles. The molecular formula is C16H19ClN4O2S. The Hall–Kier alpha value is -1.96. The van der Waals surface area contributed by atoms with Gasteiger partial charge < -0.3 is 16.4 Å². The second-order valence-electron chi connectivity index (χ2n) is 5.23. The second kappa shape index (κ2) is 8.23. The van der Waals surface area contributed by atoms with Crippen molar-refractivity contribution in [3.05, 3.63) is 39.2 Å². The Bertz CT molecular complexity index is 730. The third kappa shape index (κ3) is 4.77. The number of aromatic nitrogens is 1. The molecule has 0 fully saturated rings. The van der Waals surface area contributed by atoms with E-state index in [0.29, 0.717) is 5.02 Å². The van der Waals surface area contributed by atoms with E-state index < -0.39 is 0 Å². The van der Waals surface area contributed by atoms with Gasteiger partial charge in [0, 0.05) is 15.5 Å². The number of carbonyl (C=O) groups is 2. The first-order valence-electron chi connectivity index (χ1n) is 7.40. The molecule has 0 spiro atoms. The molecule has 0 saturated carbocycles. The molecule has 2 aromatic rings. The smallest absolute Gasteiger partial charge is 0.239 e. The molecule has 2 rings (SSSR count). The Morgan fingerprint density at radius 2 is 1.96 bits per heavy atom. The number of halogens is 1. The number of hydrogen-bond acceptors (Lipinski definition) is 5. The van der Waals surface area contributed by atoms with Crippen molar-refractivity contribution >= 4 is 34.8 Å². The normalized spacial score (nSPS) is 11.8. The Morgan fingerprint density at radius 1 is 1.29 bits per heavy atom. The Labute approximate surface area is 149 Å². The van der Waals surface area contributed by atoms with Crippen LogP contribution in [0.3, 0.4) is 0 Å². The number of benzene rings is 1. The van der Waals surface area contributed by atoms with E-state index in [0.717, 1.165) is 21.1 Å². The van der Waals surface area contributed by atoms with Crippen molar-refractivity contribution in [2.24, 2.45) is 5.73 Å². The molecule has 1 heterocycles. The molecule has 0 aliphatic carbocycles. The fourth-order valence-corrected chi connectivity index (χ4v) is 3.16. The predicted molar refractivity (Wildman–Crippen MR) is 95.9 cm³/mol. The van der Waals surface area contributed by atoms with Gasteiger partial charge >= 0.3 is 0 Å². The fourth-order valence-electron chi connectivity index (χ4n) is 2.08. The number of nitrogens with zero attached hydrogens (tertiary/aromatic N) is 1. The van der Waals surface area contributed by atoms with Crippen LogP contribution in [0.15, 0.2) is 24.3 Å². The van der Waals surface area contributed by atoms with Gasteiger partial charge in [-0.15, -0.1) is 11.3 Å². The van der Waals surface area contributed by atoms with Crippen LogP contribution >= 0.6 is 22.9 Å². The number of carbonyl (C=O) groups excluding carboxylic acids is 2. The van der Waals surface area contributed by atoms with Crippen molar-refractivity contribution in [2.75, 3.05) is 13.1 Å². The van der Waals surface area contributed by atoms with E-state index in [1.807, 2.05) is 38.1 Å². The summed E-state index contributed by atoms with van der Waals surface area (Å²) in [7, 11) is 0. The van der Waals surface area contributed by atoms with Gasteiger partial charge in [-0.2, -0.15) is 0 Å². The minimum atomic E-state index is -0.368. The molecule has 1 unspecified atom stereocenters. The summed E-state index contributed by atoms with van der Waals surface area (Å²) in [6.07, 6.45) is 0. The summed E-state index contributed by atoms with van der Waals surface area (Å²) in [5.41, 5.74) is 7.03. The Balaban J connectivity index is 2.04. The van der Waals surface area contributed by atoms with Crippen LogP contribution in [0.2, 0.25) is 5.02 Å². The zero-order valence-corrected chi connectivity index (χ0v) is 15.0. The second-order valence-corrected chi connectivity index (χ2v) is 6.91. The highest BCUT2D eigenvalue weighted by atomic mass is 35.5. The van der Waals surface area contributed by atoms with Crippen LogP contribution in [-0.4, -0.2) is 29.9 Å². The molecule has 6 nitrogen and oxygen atoms in total. The van der Waals surface area contributed by atoms with Gasteiger partial charge in [0.05, 0.1) is 24.8 Å². The van der Waals surface area contributed by atoms with Crippen LogP contribution in [0.25, 0.3) is 11.3 Å². The van der Waals surface area contributed by atoms with Crippen molar-refractivity contribution in [1.29, 1.82) is 0 Å². The summed E-state index contributed by atoms with van der Waals surface area (Å²) in [4.78, 5) is 28.6. The first-order valence-corrected chi connectivity index (χ1v) is 8.59. The number of nitrogens with two attached hydrogens (primary N) is 1. The predicted octanol–water partition coefficient (Wildman–Crippen LogP) is 2.02. The maximum atomic E-state index is 11.8. The first-order chi connectivity index (χ1) is 11.4. The molecule has 0 aliphatic rings. The maximum absolute atomic E-state index is 11.8. The highest BCUT2D eigenvalue weighted by molar-refractivity contribution is 7.12. The highest BCUT2D eigenvalue weighted by Crippen LogP contribution is 2.31. The number of thiazole rings is 1. The molecule has 0 aliphatic heterocycles. The minimum Gasteiger partial charge on any atom is -0.346 e. The standard InChI is InChI=1S/C16H19ClN4O2S/c1-9(20-14(23)8-19-13(22)7-18)16-21-15(10(2)24-16)11-3-5-12(17)6-4-11/h3-6,9H,7-8,18H2,1-2H3,(H,19,22)(H,20,23). The van der Waals surface area contributed by atoms with Crippen molar-refractivity contribution in [1.82, 2.24) is 15.6 Å². The molecule has 0 saturated heterocycles. The van der Waals surface area contributed by atoms with Gasteiger partial charge in [0.15, 0.2) is 0 Å². The minimum absolute atomic E-state index is 0.102. The molecule has 1 atom stereocenters. The monoisotopic (exact) mass is 366 g/mol. The Morgan fingerprint density at radius 3 is 2.58 bits per heavy atom. The summed E-state index contributed by atoms with van der Waals surface area (Å²) < 4.78 is 0. The van der Waals surface area contributed by atoms with E-state index in [1.165, 1.54) is 11.3 Å². The third-order valence-corrected chi connectivity index (χ3v) is 4.72. The molecule has 4 N–H and O–H groups in total. The molecule has 128 valence electrons.